The molecule has 48 heavy (non-hydrogen) atoms. The van der Waals surface area contributed by atoms with E-state index < -0.39 is 0 Å². The van der Waals surface area contributed by atoms with Crippen LogP contribution in [0, 0.1) is 4.91 Å². The van der Waals surface area contributed by atoms with Gasteiger partial charge in [0.05, 0.1) is 14.2 Å². The minimum atomic E-state index is -0.150. The van der Waals surface area contributed by atoms with E-state index in [-0.39, 0.29) is 39.7 Å². The highest BCUT2D eigenvalue weighted by Gasteiger charge is 2.31. The van der Waals surface area contributed by atoms with E-state index in [2.05, 4.69) is 0 Å². The normalized spacial score (nSPS) is 15.6. The Balaban J connectivity index is 1.37. The van der Waals surface area contributed by atoms with Crippen molar-refractivity contribution in [3.63, 3.8) is 0 Å². The molecule has 268 valence electrons. The first kappa shape index (κ1) is 40.6. The van der Waals surface area contributed by atoms with Gasteiger partial charge in [0.15, 0.2) is 36.3 Å². The van der Waals surface area contributed by atoms with Crippen LogP contribution in [0.15, 0.2) is 45.0 Å². The fourth-order valence-electron chi connectivity index (χ4n) is 6.34. The van der Waals surface area contributed by atoms with Crippen molar-refractivity contribution in [2.75, 3.05) is 27.4 Å². The van der Waals surface area contributed by atoms with Crippen LogP contribution in [-0.4, -0.2) is 55.7 Å². The average molecular weight is 673 g/mol. The number of hydrogen-bond donors (Lipinski definition) is 0. The van der Waals surface area contributed by atoms with E-state index >= 15 is 0 Å². The molecule has 0 fully saturated rings. The predicted octanol–water partition coefficient (Wildman–Crippen LogP) is 8.43. The number of carbonyl (C=O) groups excluding carboxylic acids is 4. The lowest BCUT2D eigenvalue weighted by Crippen LogP contribution is -2.23. The summed E-state index contributed by atoms with van der Waals surface area (Å²) in [5.74, 6) is -0.137. The molecule has 0 unspecified atom stereocenters. The third-order valence-corrected chi connectivity index (χ3v) is 9.35. The third-order valence-electron chi connectivity index (χ3n) is 9.35. The molecule has 0 saturated carbocycles. The van der Waals surface area contributed by atoms with Crippen LogP contribution in [0.1, 0.15) is 143 Å². The highest BCUT2D eigenvalue weighted by atomic mass is 17.0. The summed E-state index contributed by atoms with van der Waals surface area (Å²) in [6.07, 6.45) is 17.3. The van der Waals surface area contributed by atoms with E-state index in [1.54, 1.807) is 27.7 Å². The van der Waals surface area contributed by atoms with Gasteiger partial charge in [0.25, 0.3) is 0 Å². The zero-order chi connectivity index (χ0) is 35.5. The highest BCUT2D eigenvalue weighted by molar-refractivity contribution is 6.24. The fourth-order valence-corrected chi connectivity index (χ4v) is 6.34. The van der Waals surface area contributed by atoms with Crippen LogP contribution in [0.4, 0.5) is 0 Å². The van der Waals surface area contributed by atoms with Gasteiger partial charge in [-0.2, -0.15) is 9.68 Å². The van der Waals surface area contributed by atoms with Gasteiger partial charge in [-0.25, -0.2) is 0 Å². The molecule has 2 aliphatic rings. The molecule has 0 saturated heterocycles. The van der Waals surface area contributed by atoms with Crippen molar-refractivity contribution in [1.82, 2.24) is 0 Å². The number of unbranched alkanes of at least 4 members (excludes halogenated alkanes) is 14. The molecule has 0 bridgehead atoms. The number of methoxy groups -OCH3 is 2. The fraction of sp³-hybridized carbons (Fsp3) is 0.684. The van der Waals surface area contributed by atoms with Gasteiger partial charge >= 0.3 is 5.09 Å². The Morgan fingerprint density at radius 1 is 0.417 bits per heavy atom. The van der Waals surface area contributed by atoms with E-state index in [0.29, 0.717) is 59.5 Å². The van der Waals surface area contributed by atoms with Crippen LogP contribution < -0.4 is 0 Å². The predicted molar refractivity (Wildman–Crippen MR) is 183 cm³/mol. The van der Waals surface area contributed by atoms with Crippen molar-refractivity contribution >= 4 is 23.1 Å². The Hall–Kier alpha value is -3.56. The number of nitrogens with zero attached hydrogens (tertiary/aromatic N) is 1. The topological polar surface area (TPSA) is 125 Å². The van der Waals surface area contributed by atoms with E-state index in [0.717, 1.165) is 103 Å². The molecule has 0 aromatic heterocycles. The second-order valence-electron chi connectivity index (χ2n) is 12.9. The van der Waals surface area contributed by atoms with E-state index in [4.69, 9.17) is 19.1 Å². The molecule has 0 radical (unpaired) electrons. The molecule has 0 spiro atoms. The lowest BCUT2D eigenvalue weighted by molar-refractivity contribution is -0.981. The van der Waals surface area contributed by atoms with Crippen molar-refractivity contribution in [1.29, 1.82) is 0 Å². The number of ketones is 4. The second kappa shape index (κ2) is 22.1. The van der Waals surface area contributed by atoms with Crippen LogP contribution >= 0.6 is 0 Å². The van der Waals surface area contributed by atoms with Crippen molar-refractivity contribution in [2.45, 2.75) is 143 Å². The Morgan fingerprint density at radius 3 is 1.02 bits per heavy atom. The summed E-state index contributed by atoms with van der Waals surface area (Å²) in [6, 6.07) is 0. The first-order valence-electron chi connectivity index (χ1n) is 17.9. The Labute approximate surface area is 286 Å². The smallest absolute Gasteiger partial charge is 0.477 e. The second-order valence-corrected chi connectivity index (χ2v) is 12.9. The van der Waals surface area contributed by atoms with E-state index in [1.165, 1.54) is 14.2 Å². The largest absolute Gasteiger partial charge is 0.492 e. The molecule has 0 aromatic rings. The van der Waals surface area contributed by atoms with E-state index in [1.807, 2.05) is 0 Å². The molecule has 10 nitrogen and oxygen atoms in total. The first-order valence-corrected chi connectivity index (χ1v) is 17.9. The van der Waals surface area contributed by atoms with Gasteiger partial charge < -0.3 is 9.47 Å². The standard InChI is InChI=1S/C38H58NO9/c1-27-31(35(42)37(45-5)29(3)33(27)40)23-19-15-11-7-9-13-17-21-25-47-39(44)48-26-22-18-14-10-8-12-16-20-24-32-28(2)34(41)30(4)38(46-6)36(32)43/h7-26H2,1-6H3/q+1. The van der Waals surface area contributed by atoms with Gasteiger partial charge in [0.1, 0.15) is 4.91 Å². The van der Waals surface area contributed by atoms with Crippen molar-refractivity contribution in [2.24, 2.45) is 0 Å². The Morgan fingerprint density at radius 2 is 0.708 bits per heavy atom. The maximum Gasteiger partial charge on any atom is 0.477 e. The Bertz CT molecular complexity index is 1190. The minimum absolute atomic E-state index is 0.0974. The van der Waals surface area contributed by atoms with Crippen molar-refractivity contribution < 1.29 is 43.4 Å². The molecule has 0 aromatic carbocycles. The summed E-state index contributed by atoms with van der Waals surface area (Å²) in [6.45, 7) is 7.42. The van der Waals surface area contributed by atoms with Crippen LogP contribution in [0.5, 0.6) is 0 Å². The Kier molecular flexibility index (Phi) is 18.7. The van der Waals surface area contributed by atoms with Gasteiger partial charge in [-0.15, -0.1) is 0 Å². The summed E-state index contributed by atoms with van der Waals surface area (Å²) in [7, 11) is 2.87. The molecule has 0 atom stereocenters. The molecular formula is C38H58NO9+. The molecule has 0 N–H and O–H groups in total. The highest BCUT2D eigenvalue weighted by Crippen LogP contribution is 2.29. The summed E-state index contributed by atoms with van der Waals surface area (Å²) in [5, 5.41) is 0.239. The quantitative estimate of drug-likeness (QED) is 0.0506. The molecule has 0 aliphatic heterocycles. The number of allylic oxidation sites excluding steroid dienone is 6. The summed E-state index contributed by atoms with van der Waals surface area (Å²) in [4.78, 5) is 71.9. The monoisotopic (exact) mass is 672 g/mol. The minimum Gasteiger partial charge on any atom is -0.492 e. The zero-order valence-electron chi connectivity index (χ0n) is 30.3. The lowest BCUT2D eigenvalue weighted by atomic mass is 9.87. The maximum absolute atomic E-state index is 12.6. The number of Topliss-reactive ketones (excluding diaryl/α,β-unsaturated/α-hetero) is 4. The zero-order valence-corrected chi connectivity index (χ0v) is 30.3. The maximum atomic E-state index is 12.6. The number of hydrogen-bond acceptors (Lipinski definition) is 9. The molecule has 0 amide bonds. The van der Waals surface area contributed by atoms with Gasteiger partial charge in [-0.1, -0.05) is 64.2 Å². The summed E-state index contributed by atoms with van der Waals surface area (Å²) in [5.41, 5.74) is 3.07. The summed E-state index contributed by atoms with van der Waals surface area (Å²) >= 11 is 0. The molecular weight excluding hydrogens is 614 g/mol. The van der Waals surface area contributed by atoms with E-state index in [9.17, 15) is 24.1 Å². The SMILES string of the molecule is COC1=C(C)C(=O)C(C)=C(CCCCCCCCCCO[N+](=O)OCCCCCCCCCCC2=C(C)C(=O)C(C)=C(OC)C2=O)C1=O. The number of carbonyl (C=O) groups is 4. The molecule has 0 heterocycles. The van der Waals surface area contributed by atoms with Crippen LogP contribution in [0.3, 0.4) is 0 Å². The molecule has 10 heteroatoms. The van der Waals surface area contributed by atoms with Crippen molar-refractivity contribution in [3.05, 3.63) is 49.9 Å². The van der Waals surface area contributed by atoms with Crippen molar-refractivity contribution in [3.8, 4) is 0 Å². The van der Waals surface area contributed by atoms with Crippen LogP contribution in [0.25, 0.3) is 0 Å². The van der Waals surface area contributed by atoms with Gasteiger partial charge in [0.2, 0.25) is 11.6 Å². The number of ether oxygens (including phenoxy) is 2. The average Bonchev–Trinajstić information content (AvgIpc) is 3.07. The number of rotatable bonds is 26. The van der Waals surface area contributed by atoms with Crippen LogP contribution in [0.2, 0.25) is 0 Å². The van der Waals surface area contributed by atoms with Crippen LogP contribution in [-0.2, 0) is 38.3 Å². The van der Waals surface area contributed by atoms with Gasteiger partial charge in [-0.05, 0) is 79.1 Å². The third kappa shape index (κ3) is 12.5. The van der Waals surface area contributed by atoms with Gasteiger partial charge in [0, 0.05) is 33.4 Å². The van der Waals surface area contributed by atoms with Gasteiger partial charge in [-0.3, -0.25) is 19.2 Å². The first-order chi connectivity index (χ1) is 23.1. The molecule has 2 rings (SSSR count). The summed E-state index contributed by atoms with van der Waals surface area (Å²) < 4.78 is 10.3. The lowest BCUT2D eigenvalue weighted by Gasteiger charge is -2.19. The molecule has 2 aliphatic carbocycles.